The van der Waals surface area contributed by atoms with Gasteiger partial charge >= 0.3 is 18.8 Å². The lowest BCUT2D eigenvalue weighted by atomic mass is 10.1. The standard InChI is InChI=1S/C23H15F5N6O3/c1-33-9-13-6-15(3-4-16(13)32-33)34-10-14-8-30-22(36-11-23(26,27)28)31-19(14)18(20(34)35)12-2-5-17(29-7-12)37-21(24)25/h2-10,21H,11H2,1H3. The van der Waals surface area contributed by atoms with E-state index < -0.39 is 31.0 Å². The highest BCUT2D eigenvalue weighted by atomic mass is 19.4. The molecule has 0 amide bonds. The molecule has 5 rings (SSSR count). The number of aromatic nitrogens is 6. The number of halogens is 5. The van der Waals surface area contributed by atoms with Crippen molar-refractivity contribution in [3.8, 4) is 28.7 Å². The third-order valence-electron chi connectivity index (χ3n) is 5.21. The van der Waals surface area contributed by atoms with Gasteiger partial charge in [0.1, 0.15) is 0 Å². The van der Waals surface area contributed by atoms with Crippen molar-refractivity contribution in [2.45, 2.75) is 12.8 Å². The second kappa shape index (κ2) is 9.11. The second-order valence-electron chi connectivity index (χ2n) is 7.85. The first-order valence-corrected chi connectivity index (χ1v) is 10.5. The average Bonchev–Trinajstić information content (AvgIpc) is 3.21. The van der Waals surface area contributed by atoms with Crippen LogP contribution in [-0.4, -0.2) is 48.7 Å². The van der Waals surface area contributed by atoms with Gasteiger partial charge in [0.25, 0.3) is 5.56 Å². The number of hydrogen-bond acceptors (Lipinski definition) is 7. The number of benzene rings is 1. The summed E-state index contributed by atoms with van der Waals surface area (Å²) in [5, 5.41) is 5.36. The summed E-state index contributed by atoms with van der Waals surface area (Å²) in [7, 11) is 1.75. The van der Waals surface area contributed by atoms with Gasteiger partial charge in [-0.2, -0.15) is 32.0 Å². The number of aryl methyl sites for hydroxylation is 1. The Kier molecular flexibility index (Phi) is 5.93. The fourth-order valence-corrected chi connectivity index (χ4v) is 3.73. The molecule has 0 aliphatic rings. The molecule has 1 aromatic carbocycles. The van der Waals surface area contributed by atoms with Crippen molar-refractivity contribution >= 4 is 21.8 Å². The molecular weight excluding hydrogens is 503 g/mol. The van der Waals surface area contributed by atoms with Crippen LogP contribution in [0.25, 0.3) is 38.6 Å². The fraction of sp³-hybridized carbons (Fsp3) is 0.174. The molecule has 4 heterocycles. The summed E-state index contributed by atoms with van der Waals surface area (Å²) in [6.45, 7) is -4.73. The van der Waals surface area contributed by atoms with E-state index in [2.05, 4.69) is 29.5 Å². The molecule has 0 aliphatic heterocycles. The van der Waals surface area contributed by atoms with Gasteiger partial charge in [-0.05, 0) is 24.3 Å². The first-order chi connectivity index (χ1) is 17.6. The Morgan fingerprint density at radius 2 is 1.84 bits per heavy atom. The first-order valence-electron chi connectivity index (χ1n) is 10.5. The van der Waals surface area contributed by atoms with E-state index in [4.69, 9.17) is 0 Å². The maximum atomic E-state index is 13.7. The number of alkyl halides is 5. The highest BCUT2D eigenvalue weighted by Crippen LogP contribution is 2.28. The van der Waals surface area contributed by atoms with Crippen LogP contribution in [0.1, 0.15) is 0 Å². The van der Waals surface area contributed by atoms with Gasteiger partial charge in [-0.25, -0.2) is 9.97 Å². The van der Waals surface area contributed by atoms with E-state index in [0.29, 0.717) is 16.6 Å². The zero-order valence-corrected chi connectivity index (χ0v) is 18.8. The predicted molar refractivity (Wildman–Crippen MR) is 121 cm³/mol. The molecule has 9 nitrogen and oxygen atoms in total. The molecule has 0 fully saturated rings. The van der Waals surface area contributed by atoms with Crippen LogP contribution in [0, 0.1) is 0 Å². The van der Waals surface area contributed by atoms with E-state index in [1.807, 2.05) is 0 Å². The van der Waals surface area contributed by atoms with E-state index in [1.165, 1.54) is 23.0 Å². The summed E-state index contributed by atoms with van der Waals surface area (Å²) in [5.74, 6) is -0.384. The van der Waals surface area contributed by atoms with Crippen molar-refractivity contribution in [3.63, 3.8) is 0 Å². The summed E-state index contributed by atoms with van der Waals surface area (Å²) in [6, 6.07) is 6.99. The zero-order chi connectivity index (χ0) is 26.3. The number of fused-ring (bicyclic) bond motifs is 2. The number of pyridine rings is 2. The van der Waals surface area contributed by atoms with Crippen molar-refractivity contribution in [1.29, 1.82) is 0 Å². The van der Waals surface area contributed by atoms with Crippen LogP contribution in [0.2, 0.25) is 0 Å². The van der Waals surface area contributed by atoms with E-state index >= 15 is 0 Å². The van der Waals surface area contributed by atoms with Crippen molar-refractivity contribution in [2.75, 3.05) is 6.61 Å². The highest BCUT2D eigenvalue weighted by molar-refractivity contribution is 5.93. The summed E-state index contributed by atoms with van der Waals surface area (Å²) < 4.78 is 74.8. The van der Waals surface area contributed by atoms with Crippen molar-refractivity contribution in [3.05, 3.63) is 65.5 Å². The van der Waals surface area contributed by atoms with E-state index in [9.17, 15) is 26.7 Å². The Balaban J connectivity index is 1.69. The number of rotatable bonds is 6. The summed E-state index contributed by atoms with van der Waals surface area (Å²) in [6.07, 6.45) is 0.928. The molecule has 5 aromatic rings. The molecule has 0 aliphatic carbocycles. The van der Waals surface area contributed by atoms with Gasteiger partial charge in [-0.1, -0.05) is 0 Å². The lowest BCUT2D eigenvalue weighted by Gasteiger charge is -2.13. The minimum atomic E-state index is -4.63. The van der Waals surface area contributed by atoms with Gasteiger partial charge < -0.3 is 9.47 Å². The second-order valence-corrected chi connectivity index (χ2v) is 7.85. The molecule has 37 heavy (non-hydrogen) atoms. The number of ether oxygens (including phenoxy) is 2. The number of nitrogens with zero attached hydrogens (tertiary/aromatic N) is 6. The van der Waals surface area contributed by atoms with Crippen LogP contribution >= 0.6 is 0 Å². The zero-order valence-electron chi connectivity index (χ0n) is 18.8. The maximum absolute atomic E-state index is 13.7. The largest absolute Gasteiger partial charge is 0.454 e. The molecule has 0 N–H and O–H groups in total. The molecule has 0 saturated heterocycles. The van der Waals surface area contributed by atoms with Crippen molar-refractivity contribution in [1.82, 2.24) is 29.3 Å². The molecule has 0 saturated carbocycles. The minimum Gasteiger partial charge on any atom is -0.454 e. The van der Waals surface area contributed by atoms with Gasteiger partial charge in [-0.3, -0.25) is 14.0 Å². The van der Waals surface area contributed by atoms with Crippen LogP contribution in [0.5, 0.6) is 11.9 Å². The molecular formula is C23H15F5N6O3. The fourth-order valence-electron chi connectivity index (χ4n) is 3.73. The molecule has 0 spiro atoms. The summed E-state index contributed by atoms with van der Waals surface area (Å²) in [5.41, 5.74) is 0.666. The van der Waals surface area contributed by atoms with Crippen LogP contribution in [-0.2, 0) is 7.05 Å². The Bertz CT molecular complexity index is 1660. The van der Waals surface area contributed by atoms with Gasteiger partial charge in [0, 0.05) is 59.9 Å². The lowest BCUT2D eigenvalue weighted by Crippen LogP contribution is -2.22. The highest BCUT2D eigenvalue weighted by Gasteiger charge is 2.29. The Morgan fingerprint density at radius 1 is 1.03 bits per heavy atom. The monoisotopic (exact) mass is 518 g/mol. The maximum Gasteiger partial charge on any atom is 0.422 e. The third-order valence-corrected chi connectivity index (χ3v) is 5.21. The molecule has 0 atom stereocenters. The lowest BCUT2D eigenvalue weighted by molar-refractivity contribution is -0.154. The third kappa shape index (κ3) is 5.03. The van der Waals surface area contributed by atoms with Crippen LogP contribution in [0.3, 0.4) is 0 Å². The molecule has 0 bridgehead atoms. The Morgan fingerprint density at radius 3 is 2.54 bits per heavy atom. The van der Waals surface area contributed by atoms with Gasteiger partial charge in [0.05, 0.1) is 16.6 Å². The molecule has 14 heteroatoms. The molecule has 190 valence electrons. The van der Waals surface area contributed by atoms with Crippen molar-refractivity contribution < 1.29 is 31.4 Å². The van der Waals surface area contributed by atoms with Crippen LogP contribution in [0.15, 0.2) is 59.9 Å². The van der Waals surface area contributed by atoms with E-state index in [1.54, 1.807) is 36.1 Å². The van der Waals surface area contributed by atoms with Crippen LogP contribution in [0.4, 0.5) is 22.0 Å². The summed E-state index contributed by atoms with van der Waals surface area (Å²) in [4.78, 5) is 25.4. The smallest absolute Gasteiger partial charge is 0.422 e. The van der Waals surface area contributed by atoms with Crippen molar-refractivity contribution in [2.24, 2.45) is 7.05 Å². The SMILES string of the molecule is Cn1cc2cc(-n3cc4cnc(OCC(F)(F)F)nc4c(-c4ccc(OC(F)F)nc4)c3=O)ccc2n1. The molecule has 4 aromatic heterocycles. The minimum absolute atomic E-state index is 0.0137. The first kappa shape index (κ1) is 24.1. The normalized spacial score (nSPS) is 12.0. The predicted octanol–water partition coefficient (Wildman–Crippen LogP) is 4.27. The van der Waals surface area contributed by atoms with Gasteiger partial charge in [0.15, 0.2) is 6.61 Å². The van der Waals surface area contributed by atoms with Gasteiger partial charge in [0.2, 0.25) is 5.88 Å². The molecule has 0 unspecified atom stereocenters. The van der Waals surface area contributed by atoms with Gasteiger partial charge in [-0.15, -0.1) is 0 Å². The quantitative estimate of drug-likeness (QED) is 0.310. The average molecular weight is 518 g/mol. The Labute approximate surface area is 203 Å². The molecule has 0 radical (unpaired) electrons. The summed E-state index contributed by atoms with van der Waals surface area (Å²) >= 11 is 0. The number of hydrogen-bond donors (Lipinski definition) is 0. The Hall–Kier alpha value is -4.62. The van der Waals surface area contributed by atoms with E-state index in [0.717, 1.165) is 17.6 Å². The topological polar surface area (TPSA) is 97.0 Å². The van der Waals surface area contributed by atoms with E-state index in [-0.39, 0.29) is 22.5 Å². The van der Waals surface area contributed by atoms with Crippen LogP contribution < -0.4 is 15.0 Å².